The first-order chi connectivity index (χ1) is 8.78. The predicted molar refractivity (Wildman–Crippen MR) is 70.0 cm³/mol. The molecule has 0 saturated heterocycles. The van der Waals surface area contributed by atoms with Gasteiger partial charge in [0, 0.05) is 6.07 Å². The second-order valence-corrected chi connectivity index (χ2v) is 4.13. The Morgan fingerprint density at radius 2 is 2.00 bits per heavy atom. The average molecular weight is 244 g/mol. The van der Waals surface area contributed by atoms with E-state index in [9.17, 15) is 4.79 Å². The van der Waals surface area contributed by atoms with Crippen LogP contribution in [0.3, 0.4) is 0 Å². The van der Waals surface area contributed by atoms with Crippen molar-refractivity contribution in [1.82, 2.24) is 10.2 Å². The summed E-state index contributed by atoms with van der Waals surface area (Å²) in [6, 6.07) is 9.29. The molecule has 2 rings (SSSR count). The van der Waals surface area contributed by atoms with Crippen molar-refractivity contribution in [1.29, 1.82) is 0 Å². The van der Waals surface area contributed by atoms with Gasteiger partial charge in [-0.15, -0.1) is 0 Å². The molecule has 0 atom stereocenters. The Balaban J connectivity index is 2.04. The van der Waals surface area contributed by atoms with Crippen LogP contribution < -0.4 is 10.3 Å². The molecule has 0 aliphatic rings. The van der Waals surface area contributed by atoms with Gasteiger partial charge in [-0.05, 0) is 30.5 Å². The predicted octanol–water partition coefficient (Wildman–Crippen LogP) is 2.90. The molecule has 0 radical (unpaired) electrons. The lowest BCUT2D eigenvalue weighted by atomic mass is 10.1. The van der Waals surface area contributed by atoms with Gasteiger partial charge < -0.3 is 4.74 Å². The van der Waals surface area contributed by atoms with Crippen molar-refractivity contribution in [3.05, 3.63) is 52.4 Å². The molecule has 0 aliphatic heterocycles. The van der Waals surface area contributed by atoms with E-state index in [0.717, 1.165) is 6.42 Å². The van der Waals surface area contributed by atoms with Crippen LogP contribution in [0.1, 0.15) is 25.3 Å². The molecule has 1 aromatic carbocycles. The highest BCUT2D eigenvalue weighted by Gasteiger charge is 1.99. The third-order valence-electron chi connectivity index (χ3n) is 2.62. The highest BCUT2D eigenvalue weighted by molar-refractivity contribution is 5.31. The molecule has 0 saturated carbocycles. The van der Waals surface area contributed by atoms with Crippen LogP contribution in [0, 0.1) is 0 Å². The van der Waals surface area contributed by atoms with Gasteiger partial charge in [-0.3, -0.25) is 4.79 Å². The van der Waals surface area contributed by atoms with E-state index in [1.165, 1.54) is 30.7 Å². The molecule has 0 unspecified atom stereocenters. The highest BCUT2D eigenvalue weighted by Crippen LogP contribution is 2.19. The molecule has 0 aliphatic carbocycles. The van der Waals surface area contributed by atoms with Crippen molar-refractivity contribution in [2.75, 3.05) is 0 Å². The maximum atomic E-state index is 11.1. The first-order valence-corrected chi connectivity index (χ1v) is 6.09. The number of unbranched alkanes of at least 4 members (excludes halogenated alkanes) is 1. The van der Waals surface area contributed by atoms with Crippen LogP contribution >= 0.6 is 0 Å². The molecule has 0 fully saturated rings. The standard InChI is InChI=1S/C14H16N2O2/c1-2-3-4-11-5-7-12(8-6-11)18-13-9-14(17)16-15-10-13/h5-10H,2-4H2,1H3,(H,16,17). The Kier molecular flexibility index (Phi) is 4.12. The third kappa shape index (κ3) is 3.45. The normalized spacial score (nSPS) is 10.3. The SMILES string of the molecule is CCCCc1ccc(Oc2cn[nH]c(=O)c2)cc1. The molecule has 1 aromatic heterocycles. The van der Waals surface area contributed by atoms with Crippen LogP contribution in [-0.4, -0.2) is 10.2 Å². The second-order valence-electron chi connectivity index (χ2n) is 4.13. The molecule has 4 nitrogen and oxygen atoms in total. The summed E-state index contributed by atoms with van der Waals surface area (Å²) < 4.78 is 5.54. The van der Waals surface area contributed by atoms with Gasteiger partial charge in [0.1, 0.15) is 5.75 Å². The number of aryl methyl sites for hydroxylation is 1. The Morgan fingerprint density at radius 1 is 1.22 bits per heavy atom. The Bertz CT molecular complexity index is 546. The Morgan fingerprint density at radius 3 is 2.67 bits per heavy atom. The molecular formula is C14H16N2O2. The van der Waals surface area contributed by atoms with E-state index < -0.39 is 0 Å². The maximum absolute atomic E-state index is 11.1. The van der Waals surface area contributed by atoms with E-state index in [0.29, 0.717) is 11.5 Å². The molecule has 2 aromatic rings. The fourth-order valence-electron chi connectivity index (χ4n) is 1.66. The van der Waals surface area contributed by atoms with Gasteiger partial charge in [0.05, 0.1) is 6.20 Å². The monoisotopic (exact) mass is 244 g/mol. The lowest BCUT2D eigenvalue weighted by molar-refractivity contribution is 0.477. The maximum Gasteiger partial charge on any atom is 0.267 e. The van der Waals surface area contributed by atoms with Gasteiger partial charge in [0.25, 0.3) is 5.56 Å². The summed E-state index contributed by atoms with van der Waals surface area (Å²) in [5.74, 6) is 1.16. The van der Waals surface area contributed by atoms with E-state index in [4.69, 9.17) is 4.74 Å². The van der Waals surface area contributed by atoms with E-state index in [2.05, 4.69) is 17.1 Å². The summed E-state index contributed by atoms with van der Waals surface area (Å²) in [5.41, 5.74) is 1.03. The highest BCUT2D eigenvalue weighted by atomic mass is 16.5. The van der Waals surface area contributed by atoms with E-state index in [-0.39, 0.29) is 5.56 Å². The molecule has 1 heterocycles. The fraction of sp³-hybridized carbons (Fsp3) is 0.286. The number of nitrogens with one attached hydrogen (secondary N) is 1. The molecule has 0 bridgehead atoms. The van der Waals surface area contributed by atoms with Crippen molar-refractivity contribution < 1.29 is 4.74 Å². The summed E-state index contributed by atoms with van der Waals surface area (Å²) in [4.78, 5) is 11.1. The molecular weight excluding hydrogens is 228 g/mol. The van der Waals surface area contributed by atoms with E-state index in [1.54, 1.807) is 0 Å². The van der Waals surface area contributed by atoms with Crippen molar-refractivity contribution in [3.63, 3.8) is 0 Å². The molecule has 1 N–H and O–H groups in total. The zero-order valence-electron chi connectivity index (χ0n) is 10.3. The molecule has 0 amide bonds. The van der Waals surface area contributed by atoms with Crippen molar-refractivity contribution >= 4 is 0 Å². The van der Waals surface area contributed by atoms with E-state index >= 15 is 0 Å². The van der Waals surface area contributed by atoms with Gasteiger partial charge in [0.15, 0.2) is 5.75 Å². The first kappa shape index (κ1) is 12.4. The smallest absolute Gasteiger partial charge is 0.267 e. The molecule has 18 heavy (non-hydrogen) atoms. The lowest BCUT2D eigenvalue weighted by Gasteiger charge is -2.05. The summed E-state index contributed by atoms with van der Waals surface area (Å²) in [6.07, 6.45) is 4.95. The minimum atomic E-state index is -0.271. The number of aromatic amines is 1. The van der Waals surface area contributed by atoms with Gasteiger partial charge in [-0.25, -0.2) is 5.10 Å². The number of aromatic nitrogens is 2. The van der Waals surface area contributed by atoms with Crippen LogP contribution in [0.2, 0.25) is 0 Å². The number of nitrogens with zero attached hydrogens (tertiary/aromatic N) is 1. The van der Waals surface area contributed by atoms with Crippen LogP contribution in [0.4, 0.5) is 0 Å². The molecule has 4 heteroatoms. The number of H-pyrrole nitrogens is 1. The minimum absolute atomic E-state index is 0.271. The number of rotatable bonds is 5. The summed E-state index contributed by atoms with van der Waals surface area (Å²) in [5, 5.41) is 5.98. The Hall–Kier alpha value is -2.10. The van der Waals surface area contributed by atoms with Crippen molar-refractivity contribution in [2.45, 2.75) is 26.2 Å². The van der Waals surface area contributed by atoms with Gasteiger partial charge in [0.2, 0.25) is 0 Å². The van der Waals surface area contributed by atoms with Crippen molar-refractivity contribution in [2.24, 2.45) is 0 Å². The van der Waals surface area contributed by atoms with Gasteiger partial charge >= 0.3 is 0 Å². The second kappa shape index (κ2) is 6.00. The Labute approximate surface area is 106 Å². The van der Waals surface area contributed by atoms with Crippen LogP contribution in [0.15, 0.2) is 41.3 Å². The largest absolute Gasteiger partial charge is 0.455 e. The number of hydrogen-bond donors (Lipinski definition) is 1. The van der Waals surface area contributed by atoms with Crippen molar-refractivity contribution in [3.8, 4) is 11.5 Å². The lowest BCUT2D eigenvalue weighted by Crippen LogP contribution is -2.05. The van der Waals surface area contributed by atoms with Gasteiger partial charge in [-0.1, -0.05) is 25.5 Å². The number of benzene rings is 1. The third-order valence-corrected chi connectivity index (χ3v) is 2.62. The summed E-state index contributed by atoms with van der Waals surface area (Å²) in [7, 11) is 0. The van der Waals surface area contributed by atoms with Crippen LogP contribution in [0.5, 0.6) is 11.5 Å². The molecule has 94 valence electrons. The number of hydrogen-bond acceptors (Lipinski definition) is 3. The minimum Gasteiger partial charge on any atom is -0.455 e. The summed E-state index contributed by atoms with van der Waals surface area (Å²) >= 11 is 0. The van der Waals surface area contributed by atoms with E-state index in [1.807, 2.05) is 24.3 Å². The number of ether oxygens (including phenoxy) is 1. The van der Waals surface area contributed by atoms with Crippen LogP contribution in [0.25, 0.3) is 0 Å². The fourth-order valence-corrected chi connectivity index (χ4v) is 1.66. The topological polar surface area (TPSA) is 55.0 Å². The average Bonchev–Trinajstić information content (AvgIpc) is 2.38. The summed E-state index contributed by atoms with van der Waals surface area (Å²) in [6.45, 7) is 2.18. The zero-order chi connectivity index (χ0) is 12.8. The molecule has 0 spiro atoms. The van der Waals surface area contributed by atoms with Crippen LogP contribution in [-0.2, 0) is 6.42 Å². The quantitative estimate of drug-likeness (QED) is 0.879. The van der Waals surface area contributed by atoms with Gasteiger partial charge in [-0.2, -0.15) is 5.10 Å². The zero-order valence-corrected chi connectivity index (χ0v) is 10.3. The first-order valence-electron chi connectivity index (χ1n) is 6.09.